The van der Waals surface area contributed by atoms with Crippen molar-refractivity contribution in [2.45, 2.75) is 32.9 Å². The first-order valence-corrected chi connectivity index (χ1v) is 7.94. The highest BCUT2D eigenvalue weighted by Crippen LogP contribution is 2.05. The van der Waals surface area contributed by atoms with Crippen molar-refractivity contribution in [3.63, 3.8) is 0 Å². The maximum atomic E-state index is 12.0. The maximum Gasteiger partial charge on any atom is 0.315 e. The van der Waals surface area contributed by atoms with E-state index in [9.17, 15) is 9.59 Å². The largest absolute Gasteiger partial charge is 0.338 e. The molecule has 7 nitrogen and oxygen atoms in total. The zero-order chi connectivity index (χ0) is 17.4. The minimum atomic E-state index is -0.626. The summed E-state index contributed by atoms with van der Waals surface area (Å²) in [4.78, 5) is 23.8. The Hall–Kier alpha value is -2.83. The van der Waals surface area contributed by atoms with Crippen molar-refractivity contribution in [1.82, 2.24) is 20.4 Å². The molecule has 1 aromatic carbocycles. The third kappa shape index (κ3) is 5.75. The van der Waals surface area contributed by atoms with Crippen molar-refractivity contribution >= 4 is 17.6 Å². The zero-order valence-electron chi connectivity index (χ0n) is 14.0. The topological polar surface area (TPSA) is 88.1 Å². The molecule has 3 amide bonds. The van der Waals surface area contributed by atoms with Crippen molar-refractivity contribution in [1.29, 1.82) is 0 Å². The molecule has 24 heavy (non-hydrogen) atoms. The monoisotopic (exact) mass is 329 g/mol. The molecule has 2 aromatic rings. The summed E-state index contributed by atoms with van der Waals surface area (Å²) in [6, 6.07) is 8.14. The molecule has 1 atom stereocenters. The first kappa shape index (κ1) is 17.5. The summed E-state index contributed by atoms with van der Waals surface area (Å²) in [5.74, 6) is -0.261. The number of carbonyl (C=O) groups excluding carboxylic acids is 2. The molecule has 3 N–H and O–H groups in total. The van der Waals surface area contributed by atoms with E-state index in [0.717, 1.165) is 18.5 Å². The van der Waals surface area contributed by atoms with Gasteiger partial charge in [0, 0.05) is 25.0 Å². The summed E-state index contributed by atoms with van der Waals surface area (Å²) in [6.45, 7) is 4.87. The molecule has 0 bridgehead atoms. The van der Waals surface area contributed by atoms with Crippen LogP contribution in [0.2, 0.25) is 0 Å². The number of nitrogens with one attached hydrogen (secondary N) is 3. The van der Waals surface area contributed by atoms with Crippen molar-refractivity contribution < 1.29 is 9.59 Å². The number of urea groups is 1. The number of hydrogen-bond donors (Lipinski definition) is 3. The van der Waals surface area contributed by atoms with E-state index >= 15 is 0 Å². The van der Waals surface area contributed by atoms with Gasteiger partial charge in [-0.3, -0.25) is 9.48 Å². The molecular weight excluding hydrogens is 306 g/mol. The van der Waals surface area contributed by atoms with E-state index in [1.54, 1.807) is 25.3 Å². The predicted octanol–water partition coefficient (Wildman–Crippen LogP) is 1.91. The first-order valence-electron chi connectivity index (χ1n) is 7.94. The average Bonchev–Trinajstić information content (AvgIpc) is 2.98. The van der Waals surface area contributed by atoms with E-state index in [1.165, 1.54) is 0 Å². The Labute approximate surface area is 141 Å². The Morgan fingerprint density at radius 3 is 2.67 bits per heavy atom. The average molecular weight is 329 g/mol. The molecule has 128 valence electrons. The van der Waals surface area contributed by atoms with Gasteiger partial charge >= 0.3 is 6.03 Å². The van der Waals surface area contributed by atoms with Gasteiger partial charge in [0.25, 0.3) is 0 Å². The Kier molecular flexibility index (Phi) is 6.36. The van der Waals surface area contributed by atoms with Gasteiger partial charge in [-0.05, 0) is 38.0 Å². The van der Waals surface area contributed by atoms with Crippen molar-refractivity contribution in [3.8, 4) is 0 Å². The quantitative estimate of drug-likeness (QED) is 0.678. The fourth-order valence-corrected chi connectivity index (χ4v) is 2.12. The summed E-state index contributed by atoms with van der Waals surface area (Å²) in [5, 5.41) is 12.3. The number of para-hydroxylation sites is 1. The van der Waals surface area contributed by atoms with Crippen LogP contribution < -0.4 is 16.0 Å². The van der Waals surface area contributed by atoms with Crippen molar-refractivity contribution in [2.24, 2.45) is 0 Å². The maximum absolute atomic E-state index is 12.0. The standard InChI is InChI=1S/C17H23N5O2/c1-13-11-19-22(12-13)10-6-9-18-17(24)20-14(2)16(23)21-15-7-4-3-5-8-15/h3-5,7-8,11-12,14H,6,9-10H2,1-2H3,(H,21,23)(H2,18,20,24)/t14-/m0/s1. The highest BCUT2D eigenvalue weighted by atomic mass is 16.2. The number of nitrogens with zero attached hydrogens (tertiary/aromatic N) is 2. The Morgan fingerprint density at radius 2 is 2.00 bits per heavy atom. The van der Waals surface area contributed by atoms with Gasteiger partial charge in [-0.1, -0.05) is 18.2 Å². The normalized spacial score (nSPS) is 11.6. The van der Waals surface area contributed by atoms with Crippen LogP contribution in [0.3, 0.4) is 0 Å². The Balaban J connectivity index is 1.64. The third-order valence-electron chi connectivity index (χ3n) is 3.39. The van der Waals surface area contributed by atoms with E-state index in [0.29, 0.717) is 12.2 Å². The zero-order valence-corrected chi connectivity index (χ0v) is 14.0. The highest BCUT2D eigenvalue weighted by Gasteiger charge is 2.15. The predicted molar refractivity (Wildman–Crippen MR) is 92.6 cm³/mol. The molecular formula is C17H23N5O2. The van der Waals surface area contributed by atoms with Gasteiger partial charge in [0.1, 0.15) is 6.04 Å². The molecule has 0 saturated heterocycles. The minimum Gasteiger partial charge on any atom is -0.338 e. The van der Waals surface area contributed by atoms with Gasteiger partial charge in [0.2, 0.25) is 5.91 Å². The lowest BCUT2D eigenvalue weighted by atomic mass is 10.2. The molecule has 0 aliphatic carbocycles. The van der Waals surface area contributed by atoms with E-state index < -0.39 is 6.04 Å². The van der Waals surface area contributed by atoms with Gasteiger partial charge in [-0.15, -0.1) is 0 Å². The van der Waals surface area contributed by atoms with Gasteiger partial charge in [-0.2, -0.15) is 5.10 Å². The van der Waals surface area contributed by atoms with E-state index in [-0.39, 0.29) is 11.9 Å². The lowest BCUT2D eigenvalue weighted by Gasteiger charge is -2.14. The summed E-state index contributed by atoms with van der Waals surface area (Å²) in [6.07, 6.45) is 4.52. The molecule has 0 spiro atoms. The second-order valence-electron chi connectivity index (χ2n) is 5.61. The molecule has 0 aliphatic rings. The second kappa shape index (κ2) is 8.71. The number of aromatic nitrogens is 2. The number of carbonyl (C=O) groups is 2. The lowest BCUT2D eigenvalue weighted by Crippen LogP contribution is -2.46. The molecule has 2 rings (SSSR count). The molecule has 0 radical (unpaired) electrons. The van der Waals surface area contributed by atoms with Crippen LogP contribution in [0.25, 0.3) is 0 Å². The Morgan fingerprint density at radius 1 is 1.25 bits per heavy atom. The van der Waals surface area contributed by atoms with Crippen LogP contribution in [0.1, 0.15) is 18.9 Å². The SMILES string of the molecule is Cc1cnn(CCCNC(=O)N[C@@H](C)C(=O)Nc2ccccc2)c1. The molecule has 0 unspecified atom stereocenters. The number of anilines is 1. The van der Waals surface area contributed by atoms with Gasteiger partial charge in [-0.25, -0.2) is 4.79 Å². The van der Waals surface area contributed by atoms with E-state index in [2.05, 4.69) is 21.0 Å². The Bertz CT molecular complexity index is 669. The molecule has 1 heterocycles. The fourth-order valence-electron chi connectivity index (χ4n) is 2.12. The van der Waals surface area contributed by atoms with Crippen molar-refractivity contribution in [2.75, 3.05) is 11.9 Å². The van der Waals surface area contributed by atoms with Crippen LogP contribution in [0, 0.1) is 6.92 Å². The molecule has 0 aliphatic heterocycles. The van der Waals surface area contributed by atoms with Crippen LogP contribution in [0.15, 0.2) is 42.7 Å². The number of benzene rings is 1. The summed E-state index contributed by atoms with van der Waals surface area (Å²) in [5.41, 5.74) is 1.81. The van der Waals surface area contributed by atoms with Gasteiger partial charge < -0.3 is 16.0 Å². The molecule has 1 aromatic heterocycles. The summed E-state index contributed by atoms with van der Waals surface area (Å²) < 4.78 is 1.84. The number of amides is 3. The molecule has 0 saturated carbocycles. The van der Waals surface area contributed by atoms with E-state index in [4.69, 9.17) is 0 Å². The van der Waals surface area contributed by atoms with Crippen molar-refractivity contribution in [3.05, 3.63) is 48.3 Å². The summed E-state index contributed by atoms with van der Waals surface area (Å²) in [7, 11) is 0. The molecule has 7 heteroatoms. The second-order valence-corrected chi connectivity index (χ2v) is 5.61. The van der Waals surface area contributed by atoms with E-state index in [1.807, 2.05) is 36.0 Å². The lowest BCUT2D eigenvalue weighted by molar-refractivity contribution is -0.117. The number of rotatable bonds is 7. The summed E-state index contributed by atoms with van der Waals surface area (Å²) >= 11 is 0. The van der Waals surface area contributed by atoms with Gasteiger partial charge in [0.05, 0.1) is 6.20 Å². The first-order chi connectivity index (χ1) is 11.5. The van der Waals surface area contributed by atoms with Crippen LogP contribution in [0.4, 0.5) is 10.5 Å². The molecule has 0 fully saturated rings. The fraction of sp³-hybridized carbons (Fsp3) is 0.353. The number of aryl methyl sites for hydroxylation is 2. The van der Waals surface area contributed by atoms with Crippen LogP contribution in [-0.4, -0.2) is 34.3 Å². The number of hydrogen-bond acceptors (Lipinski definition) is 3. The smallest absolute Gasteiger partial charge is 0.315 e. The minimum absolute atomic E-state index is 0.261. The highest BCUT2D eigenvalue weighted by molar-refractivity contribution is 5.96. The third-order valence-corrected chi connectivity index (χ3v) is 3.39. The van der Waals surface area contributed by atoms with Gasteiger partial charge in [0.15, 0.2) is 0 Å². The van der Waals surface area contributed by atoms with Crippen LogP contribution in [0.5, 0.6) is 0 Å². The van der Waals surface area contributed by atoms with Crippen LogP contribution >= 0.6 is 0 Å². The van der Waals surface area contributed by atoms with Crippen LogP contribution in [-0.2, 0) is 11.3 Å².